The highest BCUT2D eigenvalue weighted by Gasteiger charge is 2.15. The number of thiazole rings is 1. The first-order chi connectivity index (χ1) is 8.22. The first-order valence-electron chi connectivity index (χ1n) is 5.08. The third kappa shape index (κ3) is 2.71. The molecule has 0 radical (unpaired) electrons. The summed E-state index contributed by atoms with van der Waals surface area (Å²) >= 11 is 2.98. The van der Waals surface area contributed by atoms with E-state index >= 15 is 0 Å². The molecule has 0 aromatic carbocycles. The van der Waals surface area contributed by atoms with Gasteiger partial charge in [0, 0.05) is 13.6 Å². The van der Waals surface area contributed by atoms with Crippen LogP contribution in [0, 0.1) is 0 Å². The van der Waals surface area contributed by atoms with E-state index in [0.717, 1.165) is 9.88 Å². The van der Waals surface area contributed by atoms with E-state index in [1.807, 2.05) is 17.5 Å². The van der Waals surface area contributed by atoms with Crippen LogP contribution in [0.2, 0.25) is 0 Å². The Hall–Kier alpha value is -1.24. The van der Waals surface area contributed by atoms with Crippen molar-refractivity contribution in [3.63, 3.8) is 0 Å². The molecule has 0 saturated carbocycles. The van der Waals surface area contributed by atoms with E-state index in [1.165, 1.54) is 16.2 Å². The van der Waals surface area contributed by atoms with Gasteiger partial charge in [0.25, 0.3) is 5.91 Å². The molecule has 0 unspecified atom stereocenters. The number of nitrogens with zero attached hydrogens (tertiary/aromatic N) is 2. The molecule has 0 spiro atoms. The van der Waals surface area contributed by atoms with E-state index in [4.69, 9.17) is 5.11 Å². The third-order valence-electron chi connectivity index (χ3n) is 2.23. The summed E-state index contributed by atoms with van der Waals surface area (Å²) in [6.07, 6.45) is 1.59. The number of aliphatic hydroxyl groups excluding tert-OH is 1. The van der Waals surface area contributed by atoms with Gasteiger partial charge in [0.05, 0.1) is 17.7 Å². The highest BCUT2D eigenvalue weighted by atomic mass is 32.1. The summed E-state index contributed by atoms with van der Waals surface area (Å²) in [6.45, 7) is 0.309. The normalized spacial score (nSPS) is 10.5. The molecular weight excluding hydrogens is 256 g/mol. The zero-order valence-corrected chi connectivity index (χ0v) is 10.9. The van der Waals surface area contributed by atoms with Crippen LogP contribution in [-0.4, -0.2) is 41.1 Å². The van der Waals surface area contributed by atoms with Gasteiger partial charge in [0.15, 0.2) is 0 Å². The first-order valence-corrected chi connectivity index (χ1v) is 6.78. The first kappa shape index (κ1) is 12.2. The molecule has 0 aliphatic heterocycles. The fourth-order valence-electron chi connectivity index (χ4n) is 1.33. The fourth-order valence-corrected chi connectivity index (χ4v) is 3.04. The van der Waals surface area contributed by atoms with E-state index in [0.29, 0.717) is 11.4 Å². The van der Waals surface area contributed by atoms with Gasteiger partial charge in [-0.1, -0.05) is 6.07 Å². The third-order valence-corrected chi connectivity index (χ3v) is 4.25. The number of aliphatic hydroxyl groups is 1. The van der Waals surface area contributed by atoms with Crippen LogP contribution in [0.5, 0.6) is 0 Å². The molecule has 0 saturated heterocycles. The molecule has 0 bridgehead atoms. The Morgan fingerprint density at radius 1 is 1.59 bits per heavy atom. The number of thiophene rings is 1. The van der Waals surface area contributed by atoms with Crippen LogP contribution in [0.3, 0.4) is 0 Å². The van der Waals surface area contributed by atoms with Crippen LogP contribution in [0.1, 0.15) is 9.67 Å². The van der Waals surface area contributed by atoms with Gasteiger partial charge in [0.2, 0.25) is 0 Å². The second-order valence-electron chi connectivity index (χ2n) is 3.46. The van der Waals surface area contributed by atoms with E-state index in [-0.39, 0.29) is 12.5 Å². The lowest BCUT2D eigenvalue weighted by atomic mass is 10.4. The second kappa shape index (κ2) is 5.39. The Morgan fingerprint density at radius 2 is 2.41 bits per heavy atom. The van der Waals surface area contributed by atoms with Crippen molar-refractivity contribution in [3.8, 4) is 9.88 Å². The van der Waals surface area contributed by atoms with Gasteiger partial charge in [-0.15, -0.1) is 22.7 Å². The maximum atomic E-state index is 11.9. The molecule has 0 aliphatic carbocycles. The Bertz CT molecular complexity index is 493. The SMILES string of the molecule is CN(CCO)C(=O)c1cnc(-c2cccs2)s1. The summed E-state index contributed by atoms with van der Waals surface area (Å²) in [7, 11) is 1.67. The van der Waals surface area contributed by atoms with E-state index < -0.39 is 0 Å². The smallest absolute Gasteiger partial charge is 0.265 e. The molecule has 2 aromatic rings. The summed E-state index contributed by atoms with van der Waals surface area (Å²) in [4.78, 5) is 19.3. The molecule has 6 heteroatoms. The molecule has 17 heavy (non-hydrogen) atoms. The quantitative estimate of drug-likeness (QED) is 0.922. The number of hydrogen-bond donors (Lipinski definition) is 1. The van der Waals surface area contributed by atoms with Crippen molar-refractivity contribution in [3.05, 3.63) is 28.6 Å². The molecule has 1 N–H and O–H groups in total. The van der Waals surface area contributed by atoms with Crippen molar-refractivity contribution in [1.82, 2.24) is 9.88 Å². The summed E-state index contributed by atoms with van der Waals surface area (Å²) in [5, 5.41) is 11.6. The minimum absolute atomic E-state index is 0.0289. The number of amides is 1. The minimum atomic E-state index is -0.0978. The van der Waals surface area contributed by atoms with Crippen molar-refractivity contribution in [2.75, 3.05) is 20.2 Å². The van der Waals surface area contributed by atoms with Crippen molar-refractivity contribution >= 4 is 28.6 Å². The molecule has 4 nitrogen and oxygen atoms in total. The predicted octanol–water partition coefficient (Wildman–Crippen LogP) is 1.94. The molecule has 2 rings (SSSR count). The van der Waals surface area contributed by atoms with Gasteiger partial charge in [-0.05, 0) is 11.4 Å². The van der Waals surface area contributed by atoms with Gasteiger partial charge in [-0.25, -0.2) is 4.98 Å². The molecule has 0 fully saturated rings. The number of carbonyl (C=O) groups excluding carboxylic acids is 1. The van der Waals surface area contributed by atoms with Gasteiger partial charge in [-0.2, -0.15) is 0 Å². The number of carbonyl (C=O) groups is 1. The van der Waals surface area contributed by atoms with Crippen molar-refractivity contribution in [1.29, 1.82) is 0 Å². The van der Waals surface area contributed by atoms with Crippen LogP contribution in [0.15, 0.2) is 23.7 Å². The van der Waals surface area contributed by atoms with E-state index in [9.17, 15) is 4.79 Å². The van der Waals surface area contributed by atoms with Crippen LogP contribution >= 0.6 is 22.7 Å². The Kier molecular flexibility index (Phi) is 3.88. The van der Waals surface area contributed by atoms with Crippen molar-refractivity contribution in [2.24, 2.45) is 0 Å². The van der Waals surface area contributed by atoms with Crippen LogP contribution in [-0.2, 0) is 0 Å². The number of rotatable bonds is 4. The molecule has 2 aromatic heterocycles. The summed E-state index contributed by atoms with van der Waals surface area (Å²) in [5.74, 6) is -0.0978. The number of aromatic nitrogens is 1. The Balaban J connectivity index is 2.16. The zero-order valence-electron chi connectivity index (χ0n) is 9.29. The van der Waals surface area contributed by atoms with Crippen molar-refractivity contribution < 1.29 is 9.90 Å². The molecule has 90 valence electrons. The number of likely N-dealkylation sites (N-methyl/N-ethyl adjacent to an activating group) is 1. The summed E-state index contributed by atoms with van der Waals surface area (Å²) in [6, 6.07) is 3.94. The van der Waals surface area contributed by atoms with Crippen LogP contribution in [0.25, 0.3) is 9.88 Å². The van der Waals surface area contributed by atoms with E-state index in [2.05, 4.69) is 4.98 Å². The maximum absolute atomic E-state index is 11.9. The van der Waals surface area contributed by atoms with Gasteiger partial charge in [0.1, 0.15) is 9.88 Å². The molecule has 0 atom stereocenters. The number of hydrogen-bond acceptors (Lipinski definition) is 5. The molecule has 1 amide bonds. The fraction of sp³-hybridized carbons (Fsp3) is 0.273. The topological polar surface area (TPSA) is 53.4 Å². The van der Waals surface area contributed by atoms with Crippen LogP contribution < -0.4 is 0 Å². The second-order valence-corrected chi connectivity index (χ2v) is 5.44. The lowest BCUT2D eigenvalue weighted by Gasteiger charge is -2.13. The average Bonchev–Trinajstić information content (AvgIpc) is 2.98. The Labute approximate surface area is 107 Å². The maximum Gasteiger partial charge on any atom is 0.265 e. The van der Waals surface area contributed by atoms with Crippen LogP contribution in [0.4, 0.5) is 0 Å². The summed E-state index contributed by atoms with van der Waals surface area (Å²) in [5.41, 5.74) is 0. The van der Waals surface area contributed by atoms with Gasteiger partial charge < -0.3 is 10.0 Å². The highest BCUT2D eigenvalue weighted by molar-refractivity contribution is 7.21. The van der Waals surface area contributed by atoms with Crippen molar-refractivity contribution in [2.45, 2.75) is 0 Å². The molecule has 0 aliphatic rings. The lowest BCUT2D eigenvalue weighted by Crippen LogP contribution is -2.28. The largest absolute Gasteiger partial charge is 0.395 e. The monoisotopic (exact) mass is 268 g/mol. The Morgan fingerprint density at radius 3 is 3.06 bits per heavy atom. The van der Waals surface area contributed by atoms with Gasteiger partial charge in [-0.3, -0.25) is 4.79 Å². The minimum Gasteiger partial charge on any atom is -0.395 e. The molecular formula is C11H12N2O2S2. The lowest BCUT2D eigenvalue weighted by molar-refractivity contribution is 0.0771. The zero-order chi connectivity index (χ0) is 12.3. The van der Waals surface area contributed by atoms with Gasteiger partial charge >= 0.3 is 0 Å². The van der Waals surface area contributed by atoms with E-state index in [1.54, 1.807) is 24.6 Å². The standard InChI is InChI=1S/C11H12N2O2S2/c1-13(4-5-14)11(15)9-7-12-10(17-9)8-3-2-6-16-8/h2-3,6-7,14H,4-5H2,1H3. The predicted molar refractivity (Wildman–Crippen MR) is 69.5 cm³/mol. The molecule has 2 heterocycles. The highest BCUT2D eigenvalue weighted by Crippen LogP contribution is 2.29. The average molecular weight is 268 g/mol. The summed E-state index contributed by atoms with van der Waals surface area (Å²) < 4.78 is 0.